The molecule has 19 heavy (non-hydrogen) atoms. The van der Waals surface area contributed by atoms with Gasteiger partial charge in [-0.25, -0.2) is 0 Å². The average molecular weight is 470 g/mol. The predicted molar refractivity (Wildman–Crippen MR) is 91.4 cm³/mol. The number of benzene rings is 2. The minimum Gasteiger partial charge on any atom is -0.294 e. The van der Waals surface area contributed by atoms with Crippen molar-refractivity contribution in [3.63, 3.8) is 0 Å². The van der Waals surface area contributed by atoms with E-state index in [4.69, 9.17) is 23.2 Å². The number of carbonyl (C=O) groups is 1. The molecule has 0 aliphatic heterocycles. The van der Waals surface area contributed by atoms with Gasteiger partial charge in [-0.1, -0.05) is 45.2 Å². The highest BCUT2D eigenvalue weighted by Crippen LogP contribution is 2.25. The topological polar surface area (TPSA) is 17.1 Å². The molecule has 0 radical (unpaired) electrons. The molecule has 2 rings (SSSR count). The van der Waals surface area contributed by atoms with Crippen LogP contribution in [-0.4, -0.2) is 5.78 Å². The van der Waals surface area contributed by atoms with Gasteiger partial charge in [-0.3, -0.25) is 4.79 Å². The largest absolute Gasteiger partial charge is 0.294 e. The highest BCUT2D eigenvalue weighted by atomic mass is 127. The summed E-state index contributed by atoms with van der Waals surface area (Å²) in [5.41, 5.74) is 1.44. The molecule has 0 aliphatic rings. The van der Waals surface area contributed by atoms with Crippen molar-refractivity contribution in [1.82, 2.24) is 0 Å². The Balaban J connectivity index is 2.28. The third kappa shape index (κ3) is 3.94. The number of Topliss-reactive ketones (excluding diaryl/α,β-unsaturated/α-hetero) is 1. The van der Waals surface area contributed by atoms with Crippen molar-refractivity contribution >= 4 is 67.5 Å². The minimum atomic E-state index is 0.0228. The molecule has 98 valence electrons. The van der Waals surface area contributed by atoms with E-state index < -0.39 is 0 Å². The summed E-state index contributed by atoms with van der Waals surface area (Å²) in [6.45, 7) is 0. The zero-order valence-corrected chi connectivity index (χ0v) is 14.8. The molecule has 0 heterocycles. The Morgan fingerprint density at radius 2 is 1.89 bits per heavy atom. The maximum Gasteiger partial charge on any atom is 0.168 e. The lowest BCUT2D eigenvalue weighted by Crippen LogP contribution is -2.05. The summed E-state index contributed by atoms with van der Waals surface area (Å²) in [5.74, 6) is 0.0228. The van der Waals surface area contributed by atoms with Gasteiger partial charge in [0.2, 0.25) is 0 Å². The number of carbonyl (C=O) groups excluding carboxylic acids is 1. The normalized spacial score (nSPS) is 10.5. The number of hydrogen-bond donors (Lipinski definition) is 0. The quantitative estimate of drug-likeness (QED) is 0.411. The van der Waals surface area contributed by atoms with Crippen molar-refractivity contribution in [1.29, 1.82) is 0 Å². The van der Waals surface area contributed by atoms with Crippen LogP contribution in [0.25, 0.3) is 0 Å². The number of ketones is 1. The van der Waals surface area contributed by atoms with Crippen LogP contribution in [0.3, 0.4) is 0 Å². The van der Waals surface area contributed by atoms with Gasteiger partial charge in [0.15, 0.2) is 5.78 Å². The Hall–Kier alpha value is -0.100. The molecule has 0 fully saturated rings. The first-order valence-electron chi connectivity index (χ1n) is 5.39. The van der Waals surface area contributed by atoms with Gasteiger partial charge >= 0.3 is 0 Å². The summed E-state index contributed by atoms with van der Waals surface area (Å²) in [6, 6.07) is 10.8. The second-order valence-electron chi connectivity index (χ2n) is 3.96. The summed E-state index contributed by atoms with van der Waals surface area (Å²) in [4.78, 5) is 12.3. The summed E-state index contributed by atoms with van der Waals surface area (Å²) in [6.07, 6.45) is 0.259. The smallest absolute Gasteiger partial charge is 0.168 e. The molecule has 0 bridgehead atoms. The Kier molecular flexibility index (Phi) is 5.29. The zero-order chi connectivity index (χ0) is 14.0. The van der Waals surface area contributed by atoms with Crippen molar-refractivity contribution in [3.05, 3.63) is 65.6 Å². The summed E-state index contributed by atoms with van der Waals surface area (Å²) in [5, 5.41) is 1.08. The van der Waals surface area contributed by atoms with Crippen LogP contribution in [0.4, 0.5) is 0 Å². The number of rotatable bonds is 3. The lowest BCUT2D eigenvalue weighted by molar-refractivity contribution is 0.0992. The highest BCUT2D eigenvalue weighted by molar-refractivity contribution is 14.1. The molecular weight excluding hydrogens is 462 g/mol. The molecule has 0 spiro atoms. The van der Waals surface area contributed by atoms with Crippen molar-refractivity contribution < 1.29 is 4.79 Å². The molecular formula is C14H8BrCl2IO. The molecule has 1 nitrogen and oxygen atoms in total. The van der Waals surface area contributed by atoms with Crippen molar-refractivity contribution in [2.75, 3.05) is 0 Å². The first-order valence-corrected chi connectivity index (χ1v) is 8.02. The van der Waals surface area contributed by atoms with Crippen LogP contribution in [0.2, 0.25) is 10.0 Å². The summed E-state index contributed by atoms with van der Waals surface area (Å²) < 4.78 is 1.81. The van der Waals surface area contributed by atoms with Gasteiger partial charge in [-0.05, 0) is 58.5 Å². The van der Waals surface area contributed by atoms with Crippen LogP contribution >= 0.6 is 61.7 Å². The van der Waals surface area contributed by atoms with Gasteiger partial charge in [-0.15, -0.1) is 0 Å². The molecule has 0 atom stereocenters. The van der Waals surface area contributed by atoms with Crippen molar-refractivity contribution in [3.8, 4) is 0 Å². The first kappa shape index (κ1) is 15.3. The third-order valence-electron chi connectivity index (χ3n) is 2.59. The predicted octanol–water partition coefficient (Wildman–Crippen LogP) is 5.79. The number of halogens is 4. The fraction of sp³-hybridized carbons (Fsp3) is 0.0714. The van der Waals surface area contributed by atoms with Crippen LogP contribution in [0, 0.1) is 3.57 Å². The van der Waals surface area contributed by atoms with Crippen LogP contribution < -0.4 is 0 Å². The van der Waals surface area contributed by atoms with Gasteiger partial charge in [0.1, 0.15) is 0 Å². The second-order valence-corrected chi connectivity index (χ2v) is 6.90. The molecule has 0 saturated heterocycles. The molecule has 0 aromatic heterocycles. The Labute approximate surface area is 143 Å². The fourth-order valence-corrected chi connectivity index (χ4v) is 3.08. The summed E-state index contributed by atoms with van der Waals surface area (Å²) in [7, 11) is 0. The summed E-state index contributed by atoms with van der Waals surface area (Å²) >= 11 is 17.5. The van der Waals surface area contributed by atoms with E-state index in [2.05, 4.69) is 38.5 Å². The lowest BCUT2D eigenvalue weighted by Gasteiger charge is -2.06. The molecule has 0 saturated carbocycles. The molecule has 5 heteroatoms. The maximum atomic E-state index is 12.3. The second kappa shape index (κ2) is 6.57. The van der Waals surface area contributed by atoms with Crippen LogP contribution in [0.1, 0.15) is 15.9 Å². The van der Waals surface area contributed by atoms with E-state index in [0.29, 0.717) is 15.6 Å². The SMILES string of the molecule is O=C(Cc1ccc(Cl)cc1Cl)c1cc(I)ccc1Br. The zero-order valence-electron chi connectivity index (χ0n) is 9.59. The van der Waals surface area contributed by atoms with E-state index in [9.17, 15) is 4.79 Å². The first-order chi connectivity index (χ1) is 8.97. The van der Waals surface area contributed by atoms with Gasteiger partial charge < -0.3 is 0 Å². The molecule has 0 unspecified atom stereocenters. The molecule has 2 aromatic rings. The molecule has 2 aromatic carbocycles. The van der Waals surface area contributed by atoms with Gasteiger partial charge in [-0.2, -0.15) is 0 Å². The molecule has 0 amide bonds. The number of hydrogen-bond acceptors (Lipinski definition) is 1. The maximum absolute atomic E-state index is 12.3. The van der Waals surface area contributed by atoms with E-state index >= 15 is 0 Å². The fourth-order valence-electron chi connectivity index (χ4n) is 1.64. The van der Waals surface area contributed by atoms with Crippen molar-refractivity contribution in [2.24, 2.45) is 0 Å². The van der Waals surface area contributed by atoms with E-state index in [0.717, 1.165) is 13.6 Å². The highest BCUT2D eigenvalue weighted by Gasteiger charge is 2.13. The monoisotopic (exact) mass is 468 g/mol. The van der Waals surface area contributed by atoms with E-state index in [1.165, 1.54) is 0 Å². The van der Waals surface area contributed by atoms with Gasteiger partial charge in [0, 0.05) is 30.1 Å². The lowest BCUT2D eigenvalue weighted by atomic mass is 10.0. The van der Waals surface area contributed by atoms with Gasteiger partial charge in [0.05, 0.1) is 0 Å². The van der Waals surface area contributed by atoms with E-state index in [1.807, 2.05) is 18.2 Å². The van der Waals surface area contributed by atoms with E-state index in [-0.39, 0.29) is 12.2 Å². The molecule has 0 aliphatic carbocycles. The Morgan fingerprint density at radius 1 is 1.16 bits per heavy atom. The van der Waals surface area contributed by atoms with Crippen LogP contribution in [0.5, 0.6) is 0 Å². The molecule has 0 N–H and O–H groups in total. The van der Waals surface area contributed by atoms with Crippen LogP contribution in [-0.2, 0) is 6.42 Å². The Bertz CT molecular complexity index is 643. The van der Waals surface area contributed by atoms with Crippen molar-refractivity contribution in [2.45, 2.75) is 6.42 Å². The van der Waals surface area contributed by atoms with Gasteiger partial charge in [0.25, 0.3) is 0 Å². The van der Waals surface area contributed by atoms with E-state index in [1.54, 1.807) is 18.2 Å². The average Bonchev–Trinajstić information content (AvgIpc) is 2.35. The standard InChI is InChI=1S/C14H8BrCl2IO/c15-12-4-3-10(18)7-11(12)14(19)5-8-1-2-9(16)6-13(8)17/h1-4,6-7H,5H2. The third-order valence-corrected chi connectivity index (χ3v) is 4.54. The minimum absolute atomic E-state index is 0.0228. The Morgan fingerprint density at radius 3 is 2.58 bits per heavy atom. The van der Waals surface area contributed by atoms with Crippen LogP contribution in [0.15, 0.2) is 40.9 Å².